The largest absolute Gasteiger partial charge is 0.390 e. The lowest BCUT2D eigenvalue weighted by Crippen LogP contribution is -2.48. The van der Waals surface area contributed by atoms with E-state index in [9.17, 15) is 4.79 Å². The van der Waals surface area contributed by atoms with Crippen molar-refractivity contribution in [1.82, 2.24) is 25.1 Å². The van der Waals surface area contributed by atoms with Crippen molar-refractivity contribution in [3.63, 3.8) is 0 Å². The number of rotatable bonds is 5. The summed E-state index contributed by atoms with van der Waals surface area (Å²) in [6.45, 7) is 3.68. The molecule has 0 bridgehead atoms. The van der Waals surface area contributed by atoms with Crippen LogP contribution in [0.15, 0.2) is 24.5 Å². The Morgan fingerprint density at radius 3 is 2.57 bits per heavy atom. The monoisotopic (exact) mass is 451 g/mol. The smallest absolute Gasteiger partial charge is 0.317 e. The highest BCUT2D eigenvalue weighted by atomic mass is 35.5. The van der Waals surface area contributed by atoms with Crippen molar-refractivity contribution in [3.8, 4) is 11.3 Å². The number of amides is 2. The lowest BCUT2D eigenvalue weighted by Gasteiger charge is -2.35. The number of aliphatic hydroxyl groups is 1. The molecular weight excluding hydrogens is 425 g/mol. The van der Waals surface area contributed by atoms with E-state index in [0.29, 0.717) is 27.0 Å². The van der Waals surface area contributed by atoms with Gasteiger partial charge in [0.2, 0.25) is 0 Å². The SMILES string of the molecule is CC(NC(=O)N(C)C1CCN(C)CC1)c1ccc(-c2cnc(CO)cn2)c(Cl)c1Cl. The van der Waals surface area contributed by atoms with E-state index in [1.807, 2.05) is 26.1 Å². The first-order valence-electron chi connectivity index (χ1n) is 9.93. The van der Waals surface area contributed by atoms with Gasteiger partial charge in [-0.05, 0) is 45.5 Å². The predicted octanol–water partition coefficient (Wildman–Crippen LogP) is 3.74. The summed E-state index contributed by atoms with van der Waals surface area (Å²) in [6, 6.07) is 3.45. The molecule has 1 unspecified atom stereocenters. The molecule has 1 atom stereocenters. The lowest BCUT2D eigenvalue weighted by molar-refractivity contribution is 0.146. The Hall–Kier alpha value is -1.93. The standard InChI is InChI=1S/C21H27Cl2N5O2/c1-13(26-21(30)28(3)15-6-8-27(2)9-7-15)16-4-5-17(20(23)19(16)22)18-11-24-14(12-29)10-25-18/h4-5,10-11,13,15,29H,6-9,12H2,1-3H3,(H,26,30). The summed E-state index contributed by atoms with van der Waals surface area (Å²) in [6.07, 6.45) is 4.97. The van der Waals surface area contributed by atoms with Gasteiger partial charge in [-0.2, -0.15) is 0 Å². The molecule has 2 aromatic rings. The summed E-state index contributed by atoms with van der Waals surface area (Å²) in [5, 5.41) is 12.9. The van der Waals surface area contributed by atoms with Gasteiger partial charge in [0.05, 0.1) is 46.5 Å². The van der Waals surface area contributed by atoms with E-state index in [4.69, 9.17) is 28.3 Å². The van der Waals surface area contributed by atoms with Crippen molar-refractivity contribution in [2.75, 3.05) is 27.2 Å². The molecule has 2 heterocycles. The molecule has 1 aliphatic rings. The molecule has 2 N–H and O–H groups in total. The van der Waals surface area contributed by atoms with E-state index in [1.54, 1.807) is 11.1 Å². The van der Waals surface area contributed by atoms with Gasteiger partial charge in [-0.3, -0.25) is 9.97 Å². The minimum atomic E-state index is -0.312. The van der Waals surface area contributed by atoms with Crippen molar-refractivity contribution in [3.05, 3.63) is 45.8 Å². The van der Waals surface area contributed by atoms with Crippen LogP contribution in [0.25, 0.3) is 11.3 Å². The molecule has 0 aliphatic carbocycles. The van der Waals surface area contributed by atoms with Crippen LogP contribution in [0.4, 0.5) is 4.79 Å². The fourth-order valence-electron chi connectivity index (χ4n) is 3.59. The van der Waals surface area contributed by atoms with Crippen LogP contribution in [0, 0.1) is 0 Å². The number of piperidine rings is 1. The Labute approximate surface area is 187 Å². The molecule has 1 aliphatic heterocycles. The van der Waals surface area contributed by atoms with E-state index in [2.05, 4.69) is 27.2 Å². The van der Waals surface area contributed by atoms with Gasteiger partial charge in [0, 0.05) is 18.7 Å². The number of likely N-dealkylation sites (tertiary alicyclic amines) is 1. The summed E-state index contributed by atoms with van der Waals surface area (Å²) in [7, 11) is 3.94. The molecule has 2 amide bonds. The van der Waals surface area contributed by atoms with Crippen LogP contribution < -0.4 is 5.32 Å². The molecule has 0 spiro atoms. The highest BCUT2D eigenvalue weighted by molar-refractivity contribution is 6.44. The highest BCUT2D eigenvalue weighted by Crippen LogP contribution is 2.37. The first-order valence-corrected chi connectivity index (χ1v) is 10.7. The lowest BCUT2D eigenvalue weighted by atomic mass is 10.0. The maximum atomic E-state index is 12.7. The second-order valence-corrected chi connectivity index (χ2v) is 8.45. The molecule has 30 heavy (non-hydrogen) atoms. The van der Waals surface area contributed by atoms with Gasteiger partial charge < -0.3 is 20.2 Å². The highest BCUT2D eigenvalue weighted by Gasteiger charge is 2.25. The summed E-state index contributed by atoms with van der Waals surface area (Å²) in [5.74, 6) is 0. The number of carbonyl (C=O) groups excluding carboxylic acids is 1. The maximum absolute atomic E-state index is 12.7. The Kier molecular flexibility index (Phi) is 7.52. The zero-order valence-electron chi connectivity index (χ0n) is 17.4. The van der Waals surface area contributed by atoms with Crippen LogP contribution in [-0.4, -0.2) is 64.1 Å². The predicted molar refractivity (Wildman–Crippen MR) is 119 cm³/mol. The topological polar surface area (TPSA) is 81.6 Å². The zero-order valence-corrected chi connectivity index (χ0v) is 18.9. The van der Waals surface area contributed by atoms with Gasteiger partial charge in [-0.1, -0.05) is 35.3 Å². The normalized spacial score (nSPS) is 16.3. The van der Waals surface area contributed by atoms with Crippen LogP contribution in [0.1, 0.15) is 37.1 Å². The molecule has 162 valence electrons. The minimum Gasteiger partial charge on any atom is -0.390 e. The average Bonchev–Trinajstić information content (AvgIpc) is 2.75. The third-order valence-electron chi connectivity index (χ3n) is 5.62. The van der Waals surface area contributed by atoms with E-state index < -0.39 is 0 Å². The van der Waals surface area contributed by atoms with Crippen LogP contribution in [0.5, 0.6) is 0 Å². The van der Waals surface area contributed by atoms with E-state index in [1.165, 1.54) is 6.20 Å². The Morgan fingerprint density at radius 2 is 1.97 bits per heavy atom. The molecule has 7 nitrogen and oxygen atoms in total. The number of halogens is 2. The Bertz CT molecular complexity index is 886. The third-order valence-corrected chi connectivity index (χ3v) is 6.51. The zero-order chi connectivity index (χ0) is 21.8. The van der Waals surface area contributed by atoms with Crippen molar-refractivity contribution >= 4 is 29.2 Å². The van der Waals surface area contributed by atoms with Crippen LogP contribution >= 0.6 is 23.2 Å². The quantitative estimate of drug-likeness (QED) is 0.723. The van der Waals surface area contributed by atoms with E-state index >= 15 is 0 Å². The minimum absolute atomic E-state index is 0.126. The summed E-state index contributed by atoms with van der Waals surface area (Å²) in [5.41, 5.74) is 2.41. The average molecular weight is 452 g/mol. The number of aliphatic hydroxyl groups excluding tert-OH is 1. The fourth-order valence-corrected chi connectivity index (χ4v) is 4.18. The molecular formula is C21H27Cl2N5O2. The molecule has 1 saturated heterocycles. The first-order chi connectivity index (χ1) is 14.3. The number of hydrogen-bond acceptors (Lipinski definition) is 5. The van der Waals surface area contributed by atoms with Crippen molar-refractivity contribution in [1.29, 1.82) is 0 Å². The Balaban J connectivity index is 1.72. The van der Waals surface area contributed by atoms with Gasteiger partial charge >= 0.3 is 6.03 Å². The van der Waals surface area contributed by atoms with E-state index in [0.717, 1.165) is 31.5 Å². The molecule has 9 heteroatoms. The van der Waals surface area contributed by atoms with Crippen LogP contribution in [0.3, 0.4) is 0 Å². The second kappa shape index (κ2) is 9.92. The van der Waals surface area contributed by atoms with Gasteiger partial charge in [0.15, 0.2) is 0 Å². The summed E-state index contributed by atoms with van der Waals surface area (Å²) < 4.78 is 0. The van der Waals surface area contributed by atoms with Crippen LogP contribution in [-0.2, 0) is 6.61 Å². The number of hydrogen-bond donors (Lipinski definition) is 2. The third kappa shape index (κ3) is 5.03. The summed E-state index contributed by atoms with van der Waals surface area (Å²) in [4.78, 5) is 25.2. The van der Waals surface area contributed by atoms with Crippen molar-refractivity contribution < 1.29 is 9.90 Å². The molecule has 1 aromatic heterocycles. The maximum Gasteiger partial charge on any atom is 0.317 e. The number of aromatic nitrogens is 2. The van der Waals surface area contributed by atoms with Crippen molar-refractivity contribution in [2.24, 2.45) is 0 Å². The van der Waals surface area contributed by atoms with Gasteiger partial charge in [-0.25, -0.2) is 4.79 Å². The number of nitrogens with zero attached hydrogens (tertiary/aromatic N) is 4. The fraction of sp³-hybridized carbons (Fsp3) is 0.476. The van der Waals surface area contributed by atoms with Crippen LogP contribution in [0.2, 0.25) is 10.0 Å². The Morgan fingerprint density at radius 1 is 1.27 bits per heavy atom. The van der Waals surface area contributed by atoms with Gasteiger partial charge in [0.25, 0.3) is 0 Å². The molecule has 0 saturated carbocycles. The molecule has 1 fully saturated rings. The van der Waals surface area contributed by atoms with Gasteiger partial charge in [0.1, 0.15) is 0 Å². The van der Waals surface area contributed by atoms with Gasteiger partial charge in [-0.15, -0.1) is 0 Å². The number of carbonyl (C=O) groups is 1. The van der Waals surface area contributed by atoms with Crippen molar-refractivity contribution in [2.45, 2.75) is 38.5 Å². The second-order valence-electron chi connectivity index (χ2n) is 7.70. The first kappa shape index (κ1) is 22.7. The van der Waals surface area contributed by atoms with E-state index in [-0.39, 0.29) is 24.7 Å². The number of benzene rings is 1. The number of urea groups is 1. The number of nitrogens with one attached hydrogen (secondary N) is 1. The molecule has 1 aromatic carbocycles. The molecule has 3 rings (SSSR count). The summed E-state index contributed by atoms with van der Waals surface area (Å²) >= 11 is 13.0. The molecule has 0 radical (unpaired) electrons.